The number of rotatable bonds is 5. The highest BCUT2D eigenvalue weighted by molar-refractivity contribution is 7.98. The molecule has 9 heteroatoms. The molecule has 4 aromatic rings. The Hall–Kier alpha value is -3.33. The molecule has 0 saturated carbocycles. The third-order valence-corrected chi connectivity index (χ3v) is 4.82. The quantitative estimate of drug-likeness (QED) is 0.466. The van der Waals surface area contributed by atoms with Gasteiger partial charge >= 0.3 is 0 Å². The van der Waals surface area contributed by atoms with Gasteiger partial charge in [-0.1, -0.05) is 42.1 Å². The molecule has 0 aliphatic carbocycles. The van der Waals surface area contributed by atoms with Crippen LogP contribution in [-0.2, 0) is 5.75 Å². The molecule has 1 unspecified atom stereocenters. The Morgan fingerprint density at radius 1 is 0.857 bits per heavy atom. The van der Waals surface area contributed by atoms with Gasteiger partial charge in [-0.15, -0.1) is 20.4 Å². The zero-order chi connectivity index (χ0) is 18.8. The molecule has 0 saturated heterocycles. The van der Waals surface area contributed by atoms with E-state index in [0.29, 0.717) is 46.8 Å². The van der Waals surface area contributed by atoms with Crippen molar-refractivity contribution in [3.05, 3.63) is 66.4 Å². The topological polar surface area (TPSA) is 96.3 Å². The Bertz CT molecular complexity index is 1080. The highest BCUT2D eigenvalue weighted by atomic mass is 32.2. The molecule has 8 nitrogen and oxygen atoms in total. The van der Waals surface area contributed by atoms with E-state index >= 15 is 0 Å². The van der Waals surface area contributed by atoms with Crippen molar-refractivity contribution in [2.75, 3.05) is 6.61 Å². The Labute approximate surface area is 163 Å². The summed E-state index contributed by atoms with van der Waals surface area (Å²) in [7, 11) is 0. The van der Waals surface area contributed by atoms with Crippen LogP contribution in [0.3, 0.4) is 0 Å². The van der Waals surface area contributed by atoms with Crippen molar-refractivity contribution in [3.8, 4) is 23.0 Å². The first-order chi connectivity index (χ1) is 13.8. The van der Waals surface area contributed by atoms with Crippen molar-refractivity contribution in [2.45, 2.75) is 17.1 Å². The average Bonchev–Trinajstić information content (AvgIpc) is 3.42. The number of ether oxygens (including phenoxy) is 2. The Morgan fingerprint density at radius 3 is 2.57 bits per heavy atom. The van der Waals surface area contributed by atoms with Gasteiger partial charge in [-0.2, -0.15) is 0 Å². The highest BCUT2D eigenvalue weighted by Gasteiger charge is 2.27. The fourth-order valence-corrected chi connectivity index (χ4v) is 3.29. The minimum absolute atomic E-state index is 0.313. The van der Waals surface area contributed by atoms with E-state index in [0.717, 1.165) is 5.56 Å². The highest BCUT2D eigenvalue weighted by Crippen LogP contribution is 2.36. The van der Waals surface area contributed by atoms with Crippen LogP contribution in [0.5, 0.6) is 11.5 Å². The summed E-state index contributed by atoms with van der Waals surface area (Å²) in [5, 5.41) is 16.6. The second-order valence-electron chi connectivity index (χ2n) is 5.93. The van der Waals surface area contributed by atoms with E-state index in [2.05, 4.69) is 20.4 Å². The molecule has 1 aliphatic heterocycles. The number of hydrogen-bond acceptors (Lipinski definition) is 9. The van der Waals surface area contributed by atoms with Crippen LogP contribution in [-0.4, -0.2) is 27.0 Å². The van der Waals surface area contributed by atoms with E-state index in [-0.39, 0.29) is 0 Å². The first-order valence-corrected chi connectivity index (χ1v) is 9.56. The molecule has 3 heterocycles. The van der Waals surface area contributed by atoms with Crippen LogP contribution in [0.25, 0.3) is 11.5 Å². The predicted molar refractivity (Wildman–Crippen MR) is 98.9 cm³/mol. The van der Waals surface area contributed by atoms with E-state index < -0.39 is 6.10 Å². The van der Waals surface area contributed by atoms with Gasteiger partial charge in [0, 0.05) is 5.56 Å². The molecule has 0 N–H and O–H groups in total. The number of fused-ring (bicyclic) bond motifs is 1. The molecule has 0 amide bonds. The summed E-state index contributed by atoms with van der Waals surface area (Å²) in [5.74, 6) is 3.12. The summed E-state index contributed by atoms with van der Waals surface area (Å²) in [6, 6.07) is 17.1. The lowest BCUT2D eigenvalue weighted by Crippen LogP contribution is -2.21. The van der Waals surface area contributed by atoms with Crippen LogP contribution in [0.4, 0.5) is 0 Å². The van der Waals surface area contributed by atoms with Gasteiger partial charge in [-0.25, -0.2) is 0 Å². The van der Waals surface area contributed by atoms with Gasteiger partial charge in [0.05, 0.1) is 5.75 Å². The maximum Gasteiger partial charge on any atom is 0.277 e. The van der Waals surface area contributed by atoms with E-state index in [9.17, 15) is 0 Å². The SMILES string of the molecule is c1ccc(-c2nnc(CSc3nnc(C4COc5ccccc5O4)o3)o2)cc1. The fourth-order valence-electron chi connectivity index (χ4n) is 2.68. The fraction of sp³-hybridized carbons (Fsp3) is 0.158. The molecule has 0 bridgehead atoms. The van der Waals surface area contributed by atoms with Crippen LogP contribution in [0.1, 0.15) is 17.9 Å². The van der Waals surface area contributed by atoms with Crippen LogP contribution < -0.4 is 9.47 Å². The van der Waals surface area contributed by atoms with Gasteiger partial charge in [0.2, 0.25) is 17.9 Å². The average molecular weight is 394 g/mol. The molecule has 1 atom stereocenters. The second-order valence-corrected chi connectivity index (χ2v) is 6.85. The van der Waals surface area contributed by atoms with E-state index in [4.69, 9.17) is 18.3 Å². The maximum atomic E-state index is 5.88. The van der Waals surface area contributed by atoms with Gasteiger partial charge in [-0.05, 0) is 24.3 Å². The van der Waals surface area contributed by atoms with Gasteiger partial charge in [-0.3, -0.25) is 0 Å². The number of hydrogen-bond donors (Lipinski definition) is 0. The molecule has 28 heavy (non-hydrogen) atoms. The minimum atomic E-state index is -0.440. The van der Waals surface area contributed by atoms with Gasteiger partial charge in [0.25, 0.3) is 11.1 Å². The normalized spacial score (nSPS) is 15.5. The van der Waals surface area contributed by atoms with Crippen molar-refractivity contribution in [2.24, 2.45) is 0 Å². The van der Waals surface area contributed by atoms with Gasteiger partial charge in [0.15, 0.2) is 11.5 Å². The summed E-state index contributed by atoms with van der Waals surface area (Å²) >= 11 is 1.32. The Kier molecular flexibility index (Phi) is 4.42. The molecule has 5 rings (SSSR count). The largest absolute Gasteiger partial charge is 0.485 e. The second kappa shape index (κ2) is 7.35. The molecule has 0 spiro atoms. The monoisotopic (exact) mass is 394 g/mol. The molecular formula is C19H14N4O4S. The molecule has 2 aromatic heterocycles. The molecule has 140 valence electrons. The summed E-state index contributed by atoms with van der Waals surface area (Å²) < 4.78 is 22.9. The van der Waals surface area contributed by atoms with Crippen LogP contribution in [0, 0.1) is 0 Å². The lowest BCUT2D eigenvalue weighted by atomic mass is 10.2. The molecule has 1 aliphatic rings. The Balaban J connectivity index is 1.23. The van der Waals surface area contributed by atoms with Crippen LogP contribution >= 0.6 is 11.8 Å². The number of thioether (sulfide) groups is 1. The smallest absolute Gasteiger partial charge is 0.277 e. The zero-order valence-corrected chi connectivity index (χ0v) is 15.3. The molecule has 0 radical (unpaired) electrons. The number of nitrogens with zero attached hydrogens (tertiary/aromatic N) is 4. The number of para-hydroxylation sites is 2. The van der Waals surface area contributed by atoms with Crippen molar-refractivity contribution in [1.29, 1.82) is 0 Å². The maximum absolute atomic E-state index is 5.88. The van der Waals surface area contributed by atoms with Crippen molar-refractivity contribution in [1.82, 2.24) is 20.4 Å². The van der Waals surface area contributed by atoms with Gasteiger partial charge < -0.3 is 18.3 Å². The molecular weight excluding hydrogens is 380 g/mol. The first-order valence-electron chi connectivity index (χ1n) is 8.57. The van der Waals surface area contributed by atoms with Crippen molar-refractivity contribution >= 4 is 11.8 Å². The summed E-state index contributed by atoms with van der Waals surface area (Å²) in [6.07, 6.45) is -0.440. The Morgan fingerprint density at radius 2 is 1.68 bits per heavy atom. The standard InChI is InChI=1S/C19H14N4O4S/c1-2-6-12(7-3-1)17-21-20-16(26-17)11-28-19-23-22-18(27-19)15-10-24-13-8-4-5-9-14(13)25-15/h1-9,15H,10-11H2. The van der Waals surface area contributed by atoms with Crippen molar-refractivity contribution < 1.29 is 18.3 Å². The minimum Gasteiger partial charge on any atom is -0.485 e. The molecule has 2 aromatic carbocycles. The lowest BCUT2D eigenvalue weighted by molar-refractivity contribution is 0.0686. The van der Waals surface area contributed by atoms with Crippen LogP contribution in [0.15, 0.2) is 68.7 Å². The van der Waals surface area contributed by atoms with Gasteiger partial charge in [0.1, 0.15) is 6.61 Å². The number of aromatic nitrogens is 4. The summed E-state index contributed by atoms with van der Waals surface area (Å²) in [6.45, 7) is 0.313. The number of benzene rings is 2. The molecule has 0 fully saturated rings. The van der Waals surface area contributed by atoms with E-state index in [1.54, 1.807) is 0 Å². The predicted octanol–water partition coefficient (Wildman–Crippen LogP) is 3.92. The first kappa shape index (κ1) is 16.8. The van der Waals surface area contributed by atoms with Crippen molar-refractivity contribution in [3.63, 3.8) is 0 Å². The van der Waals surface area contributed by atoms with E-state index in [1.807, 2.05) is 54.6 Å². The third-order valence-electron chi connectivity index (χ3n) is 4.01. The zero-order valence-electron chi connectivity index (χ0n) is 14.5. The lowest BCUT2D eigenvalue weighted by Gasteiger charge is -2.23. The summed E-state index contributed by atoms with van der Waals surface area (Å²) in [5.41, 5.74) is 0.876. The summed E-state index contributed by atoms with van der Waals surface area (Å²) in [4.78, 5) is 0. The third kappa shape index (κ3) is 3.44. The van der Waals surface area contributed by atoms with Crippen LogP contribution in [0.2, 0.25) is 0 Å². The van der Waals surface area contributed by atoms with E-state index in [1.165, 1.54) is 11.8 Å².